The molecular weight excluding hydrogens is 346 g/mol. The van der Waals surface area contributed by atoms with Crippen molar-refractivity contribution in [3.8, 4) is 0 Å². The van der Waals surface area contributed by atoms with Crippen molar-refractivity contribution in [1.29, 1.82) is 0 Å². The van der Waals surface area contributed by atoms with Gasteiger partial charge in [-0.05, 0) is 48.9 Å². The lowest BCUT2D eigenvalue weighted by molar-refractivity contribution is -0.139. The maximum Gasteiger partial charge on any atom is 0.295 e. The number of aliphatic hydroxyl groups is 1. The molecule has 1 amide bonds. The van der Waals surface area contributed by atoms with Crippen LogP contribution in [0.25, 0.3) is 5.76 Å². The number of rotatable bonds is 5. The summed E-state index contributed by atoms with van der Waals surface area (Å²) in [6.07, 6.45) is 1.75. The van der Waals surface area contributed by atoms with E-state index >= 15 is 0 Å². The van der Waals surface area contributed by atoms with Crippen molar-refractivity contribution in [2.45, 2.75) is 39.7 Å². The summed E-state index contributed by atoms with van der Waals surface area (Å²) in [5.74, 6) is -1.22. The standard InChI is InChI=1S/C21H23NO3S/c1-4-5-10-22-18(16-7-6-11-26-16)17(20(24)21(22)25)19(23)15-9-8-13(2)14(3)12-15/h6-9,11-12,18,23H,4-5,10H2,1-3H3/b19-17-. The molecule has 2 aromatic rings. The number of hydrogen-bond donors (Lipinski definition) is 1. The molecule has 1 N–H and O–H groups in total. The predicted molar refractivity (Wildman–Crippen MR) is 104 cm³/mol. The topological polar surface area (TPSA) is 57.6 Å². The van der Waals surface area contributed by atoms with Gasteiger partial charge in [0, 0.05) is 17.0 Å². The highest BCUT2D eigenvalue weighted by atomic mass is 32.1. The van der Waals surface area contributed by atoms with Crippen molar-refractivity contribution in [2.24, 2.45) is 0 Å². The molecule has 1 aromatic carbocycles. The molecule has 0 bridgehead atoms. The van der Waals surface area contributed by atoms with Gasteiger partial charge in [0.25, 0.3) is 11.7 Å². The Hall–Kier alpha value is -2.40. The van der Waals surface area contributed by atoms with Crippen LogP contribution in [0.1, 0.15) is 47.4 Å². The molecule has 2 heterocycles. The summed E-state index contributed by atoms with van der Waals surface area (Å²) < 4.78 is 0. The Morgan fingerprint density at radius 2 is 1.96 bits per heavy atom. The first-order chi connectivity index (χ1) is 12.5. The zero-order valence-corrected chi connectivity index (χ0v) is 16.1. The van der Waals surface area contributed by atoms with Crippen LogP contribution >= 0.6 is 11.3 Å². The lowest BCUT2D eigenvalue weighted by Gasteiger charge is -2.23. The molecule has 5 heteroatoms. The molecule has 3 rings (SSSR count). The number of hydrogen-bond acceptors (Lipinski definition) is 4. The Kier molecular flexibility index (Phi) is 5.28. The maximum absolute atomic E-state index is 12.7. The minimum absolute atomic E-state index is 0.0937. The molecule has 1 unspecified atom stereocenters. The Balaban J connectivity index is 2.14. The number of aryl methyl sites for hydroxylation is 2. The van der Waals surface area contributed by atoms with Gasteiger partial charge in [0.2, 0.25) is 0 Å². The van der Waals surface area contributed by atoms with E-state index in [2.05, 4.69) is 0 Å². The van der Waals surface area contributed by atoms with Gasteiger partial charge < -0.3 is 10.0 Å². The molecule has 26 heavy (non-hydrogen) atoms. The fraction of sp³-hybridized carbons (Fsp3) is 0.333. The summed E-state index contributed by atoms with van der Waals surface area (Å²) in [6.45, 7) is 6.51. The third-order valence-corrected chi connectivity index (χ3v) is 5.81. The first-order valence-corrected chi connectivity index (χ1v) is 9.73. The third-order valence-electron chi connectivity index (χ3n) is 4.89. The fourth-order valence-corrected chi connectivity index (χ4v) is 4.07. The van der Waals surface area contributed by atoms with Gasteiger partial charge in [-0.2, -0.15) is 0 Å². The number of thiophene rings is 1. The summed E-state index contributed by atoms with van der Waals surface area (Å²) in [4.78, 5) is 27.9. The summed E-state index contributed by atoms with van der Waals surface area (Å²) in [5, 5.41) is 12.8. The number of nitrogens with zero attached hydrogens (tertiary/aromatic N) is 1. The van der Waals surface area contributed by atoms with Crippen LogP contribution < -0.4 is 0 Å². The van der Waals surface area contributed by atoms with Gasteiger partial charge in [-0.15, -0.1) is 11.3 Å². The van der Waals surface area contributed by atoms with Gasteiger partial charge in [-0.3, -0.25) is 9.59 Å². The second-order valence-corrected chi connectivity index (χ2v) is 7.64. The molecule has 1 aliphatic rings. The van der Waals surface area contributed by atoms with Gasteiger partial charge in [0.05, 0.1) is 11.6 Å². The van der Waals surface area contributed by atoms with Crippen molar-refractivity contribution in [1.82, 2.24) is 4.90 Å². The van der Waals surface area contributed by atoms with Crippen molar-refractivity contribution < 1.29 is 14.7 Å². The highest BCUT2D eigenvalue weighted by Crippen LogP contribution is 2.41. The first kappa shape index (κ1) is 18.4. The van der Waals surface area contributed by atoms with Crippen molar-refractivity contribution >= 4 is 28.8 Å². The summed E-state index contributed by atoms with van der Waals surface area (Å²) in [7, 11) is 0. The zero-order chi connectivity index (χ0) is 18.8. The van der Waals surface area contributed by atoms with E-state index in [-0.39, 0.29) is 11.3 Å². The molecule has 0 spiro atoms. The Bertz CT molecular complexity index is 867. The molecule has 1 aromatic heterocycles. The number of carbonyl (C=O) groups is 2. The monoisotopic (exact) mass is 369 g/mol. The van der Waals surface area contributed by atoms with Crippen molar-refractivity contribution in [3.63, 3.8) is 0 Å². The van der Waals surface area contributed by atoms with Crippen molar-refractivity contribution in [3.05, 3.63) is 62.9 Å². The number of ketones is 1. The highest BCUT2D eigenvalue weighted by molar-refractivity contribution is 7.10. The Morgan fingerprint density at radius 3 is 2.58 bits per heavy atom. The van der Waals surface area contributed by atoms with Gasteiger partial charge in [0.15, 0.2) is 0 Å². The van der Waals surface area contributed by atoms with Gasteiger partial charge >= 0.3 is 0 Å². The molecule has 136 valence electrons. The lowest BCUT2D eigenvalue weighted by atomic mass is 9.97. The van der Waals surface area contributed by atoms with Gasteiger partial charge in [-0.25, -0.2) is 0 Å². The van der Waals surface area contributed by atoms with Crippen LogP contribution in [0.2, 0.25) is 0 Å². The molecule has 4 nitrogen and oxygen atoms in total. The van der Waals surface area contributed by atoms with Gasteiger partial charge in [0.1, 0.15) is 5.76 Å². The highest BCUT2D eigenvalue weighted by Gasteiger charge is 2.46. The van der Waals surface area contributed by atoms with Crippen LogP contribution in [0.4, 0.5) is 0 Å². The minimum Gasteiger partial charge on any atom is -0.507 e. The molecule has 1 aliphatic heterocycles. The van der Waals surface area contributed by atoms with Crippen LogP contribution in [0.15, 0.2) is 41.3 Å². The summed E-state index contributed by atoms with van der Waals surface area (Å²) in [6, 6.07) is 8.86. The SMILES string of the molecule is CCCCN1C(=O)C(=O)/C(=C(\O)c2ccc(C)c(C)c2)C1c1cccs1. The van der Waals surface area contributed by atoms with Gasteiger partial charge in [-0.1, -0.05) is 31.5 Å². The maximum atomic E-state index is 12.7. The lowest BCUT2D eigenvalue weighted by Crippen LogP contribution is -2.30. The largest absolute Gasteiger partial charge is 0.507 e. The number of benzene rings is 1. The average molecular weight is 369 g/mol. The number of carbonyl (C=O) groups excluding carboxylic acids is 2. The second-order valence-electron chi connectivity index (χ2n) is 6.66. The van der Waals surface area contributed by atoms with E-state index in [1.807, 2.05) is 50.4 Å². The molecule has 0 aliphatic carbocycles. The van der Waals surface area contributed by atoms with Crippen LogP contribution in [0.3, 0.4) is 0 Å². The van der Waals surface area contributed by atoms with Crippen LogP contribution in [-0.4, -0.2) is 28.2 Å². The summed E-state index contributed by atoms with van der Waals surface area (Å²) in [5.41, 5.74) is 2.90. The average Bonchev–Trinajstić information content (AvgIpc) is 3.23. The smallest absolute Gasteiger partial charge is 0.295 e. The zero-order valence-electron chi connectivity index (χ0n) is 15.3. The van der Waals surface area contributed by atoms with E-state index in [9.17, 15) is 14.7 Å². The summed E-state index contributed by atoms with van der Waals surface area (Å²) >= 11 is 1.49. The van der Waals surface area contributed by atoms with E-state index in [0.717, 1.165) is 28.8 Å². The van der Waals surface area contributed by atoms with Crippen LogP contribution in [0, 0.1) is 13.8 Å². The minimum atomic E-state index is -0.602. The van der Waals surface area contributed by atoms with E-state index in [1.165, 1.54) is 11.3 Å². The second kappa shape index (κ2) is 7.46. The van der Waals surface area contributed by atoms with E-state index in [4.69, 9.17) is 0 Å². The Morgan fingerprint density at radius 1 is 1.19 bits per heavy atom. The quantitative estimate of drug-likeness (QED) is 0.476. The molecule has 0 radical (unpaired) electrons. The predicted octanol–water partition coefficient (Wildman–Crippen LogP) is 4.59. The molecule has 1 atom stereocenters. The van der Waals surface area contributed by atoms with Crippen molar-refractivity contribution in [2.75, 3.05) is 6.54 Å². The van der Waals surface area contributed by atoms with E-state index in [0.29, 0.717) is 12.1 Å². The normalized spacial score (nSPS) is 19.3. The fourth-order valence-electron chi connectivity index (χ4n) is 3.23. The molecule has 0 saturated carbocycles. The molecule has 1 saturated heterocycles. The number of likely N-dealkylation sites (tertiary alicyclic amines) is 1. The molecular formula is C21H23NO3S. The molecule has 1 fully saturated rings. The number of Topliss-reactive ketones (excluding diaryl/α,β-unsaturated/α-hetero) is 1. The van der Waals surface area contributed by atoms with E-state index in [1.54, 1.807) is 11.0 Å². The first-order valence-electron chi connectivity index (χ1n) is 8.85. The number of aliphatic hydroxyl groups excluding tert-OH is 1. The van der Waals surface area contributed by atoms with E-state index < -0.39 is 17.7 Å². The number of unbranched alkanes of at least 4 members (excludes halogenated alkanes) is 1. The van der Waals surface area contributed by atoms with Crippen LogP contribution in [-0.2, 0) is 9.59 Å². The number of amides is 1. The van der Waals surface area contributed by atoms with Crippen LogP contribution in [0.5, 0.6) is 0 Å². The third kappa shape index (κ3) is 3.19. The Labute approximate surface area is 157 Å².